The first kappa shape index (κ1) is 32.5. The number of rotatable bonds is 10. The third-order valence-electron chi connectivity index (χ3n) is 6.94. The molecular weight excluding hydrogens is 573 g/mol. The second-order valence-corrected chi connectivity index (χ2v) is 11.6. The van der Waals surface area contributed by atoms with Gasteiger partial charge in [0.25, 0.3) is 0 Å². The van der Waals surface area contributed by atoms with Crippen LogP contribution in [0.5, 0.6) is 0 Å². The SMILES string of the molecule is CC(C)(C)OC(=O)COCc1ccc(-c2cc(N3CCC[C@H]3C(=O)NCCc3ccc(C#N)cc3)nc(C(F)(F)F)c2)cc1. The normalized spacial score (nSPS) is 15.1. The first-order valence-electron chi connectivity index (χ1n) is 14.3. The van der Waals surface area contributed by atoms with Crippen LogP contribution < -0.4 is 10.2 Å². The topological polar surface area (TPSA) is 105 Å². The number of nitriles is 1. The first-order chi connectivity index (χ1) is 20.8. The van der Waals surface area contributed by atoms with Crippen molar-refractivity contribution in [2.24, 2.45) is 0 Å². The molecule has 1 amide bonds. The molecule has 2 heterocycles. The van der Waals surface area contributed by atoms with E-state index >= 15 is 0 Å². The number of nitrogens with one attached hydrogen (secondary N) is 1. The Balaban J connectivity index is 1.45. The second kappa shape index (κ2) is 13.9. The number of pyridine rings is 1. The lowest BCUT2D eigenvalue weighted by molar-refractivity contribution is -0.160. The van der Waals surface area contributed by atoms with Gasteiger partial charge in [0, 0.05) is 13.1 Å². The summed E-state index contributed by atoms with van der Waals surface area (Å²) in [7, 11) is 0. The van der Waals surface area contributed by atoms with E-state index in [2.05, 4.69) is 16.4 Å². The molecule has 3 aromatic rings. The van der Waals surface area contributed by atoms with Crippen molar-refractivity contribution < 1.29 is 32.2 Å². The molecule has 11 heteroatoms. The van der Waals surface area contributed by atoms with Crippen LogP contribution in [0.25, 0.3) is 11.1 Å². The lowest BCUT2D eigenvalue weighted by Gasteiger charge is -2.26. The van der Waals surface area contributed by atoms with Gasteiger partial charge in [-0.3, -0.25) is 4.79 Å². The number of amides is 1. The van der Waals surface area contributed by atoms with E-state index in [0.29, 0.717) is 49.0 Å². The fourth-order valence-electron chi connectivity index (χ4n) is 4.90. The van der Waals surface area contributed by atoms with Gasteiger partial charge in [-0.05, 0) is 86.6 Å². The van der Waals surface area contributed by atoms with Crippen molar-refractivity contribution >= 4 is 17.7 Å². The molecular formula is C33H35F3N4O4. The van der Waals surface area contributed by atoms with E-state index in [1.54, 1.807) is 68.1 Å². The maximum atomic E-state index is 13.9. The van der Waals surface area contributed by atoms with Crippen LogP contribution in [0.3, 0.4) is 0 Å². The number of anilines is 1. The summed E-state index contributed by atoms with van der Waals surface area (Å²) in [5.41, 5.74) is 1.44. The number of benzene rings is 2. The van der Waals surface area contributed by atoms with Gasteiger partial charge in [-0.25, -0.2) is 9.78 Å². The lowest BCUT2D eigenvalue weighted by atomic mass is 10.0. The molecule has 0 spiro atoms. The fourth-order valence-corrected chi connectivity index (χ4v) is 4.90. The first-order valence-corrected chi connectivity index (χ1v) is 14.3. The molecule has 44 heavy (non-hydrogen) atoms. The summed E-state index contributed by atoms with van der Waals surface area (Å²) >= 11 is 0. The van der Waals surface area contributed by atoms with Gasteiger partial charge in [-0.15, -0.1) is 0 Å². The van der Waals surface area contributed by atoms with Crippen LogP contribution in [0, 0.1) is 11.3 Å². The Morgan fingerprint density at radius 2 is 1.70 bits per heavy atom. The Labute approximate surface area is 254 Å². The molecule has 1 aliphatic heterocycles. The summed E-state index contributed by atoms with van der Waals surface area (Å²) in [5.74, 6) is -0.671. The molecule has 232 valence electrons. The number of carbonyl (C=O) groups is 2. The lowest BCUT2D eigenvalue weighted by Crippen LogP contribution is -2.44. The van der Waals surface area contributed by atoms with Crippen LogP contribution in [0.2, 0.25) is 0 Å². The Hall–Kier alpha value is -4.43. The van der Waals surface area contributed by atoms with Crippen LogP contribution in [-0.2, 0) is 38.3 Å². The van der Waals surface area contributed by atoms with Gasteiger partial charge in [0.05, 0.1) is 18.2 Å². The molecule has 4 rings (SSSR count). The van der Waals surface area contributed by atoms with Gasteiger partial charge in [0.1, 0.15) is 29.8 Å². The van der Waals surface area contributed by atoms with Crippen molar-refractivity contribution in [1.29, 1.82) is 5.26 Å². The number of hydrogen-bond donors (Lipinski definition) is 1. The van der Waals surface area contributed by atoms with Crippen LogP contribution in [-0.4, -0.2) is 48.2 Å². The number of carbonyl (C=O) groups excluding carboxylic acids is 2. The van der Waals surface area contributed by atoms with Gasteiger partial charge in [0.15, 0.2) is 0 Å². The van der Waals surface area contributed by atoms with Crippen LogP contribution in [0.15, 0.2) is 60.7 Å². The van der Waals surface area contributed by atoms with E-state index in [4.69, 9.17) is 14.7 Å². The molecule has 0 aliphatic carbocycles. The zero-order valence-corrected chi connectivity index (χ0v) is 24.9. The average molecular weight is 609 g/mol. The van der Waals surface area contributed by atoms with E-state index in [1.165, 1.54) is 0 Å². The molecule has 1 fully saturated rings. The zero-order chi connectivity index (χ0) is 31.9. The van der Waals surface area contributed by atoms with Gasteiger partial charge >= 0.3 is 12.1 Å². The predicted octanol–water partition coefficient (Wildman–Crippen LogP) is 5.83. The average Bonchev–Trinajstić information content (AvgIpc) is 3.47. The quantitative estimate of drug-likeness (QED) is 0.289. The molecule has 2 aromatic carbocycles. The van der Waals surface area contributed by atoms with E-state index in [0.717, 1.165) is 17.2 Å². The van der Waals surface area contributed by atoms with Crippen molar-refractivity contribution in [2.75, 3.05) is 24.6 Å². The minimum absolute atomic E-state index is 0.0873. The Bertz CT molecular complexity index is 1490. The summed E-state index contributed by atoms with van der Waals surface area (Å²) in [5, 5.41) is 11.8. The summed E-state index contributed by atoms with van der Waals surface area (Å²) in [6, 6.07) is 17.9. The maximum Gasteiger partial charge on any atom is 0.433 e. The summed E-state index contributed by atoms with van der Waals surface area (Å²) in [6.45, 7) is 5.94. The maximum absolute atomic E-state index is 13.9. The van der Waals surface area contributed by atoms with Gasteiger partial charge in [-0.1, -0.05) is 36.4 Å². The number of hydrogen-bond acceptors (Lipinski definition) is 7. The largest absolute Gasteiger partial charge is 0.458 e. The summed E-state index contributed by atoms with van der Waals surface area (Å²) in [6.07, 6.45) is -3.00. The van der Waals surface area contributed by atoms with E-state index in [-0.39, 0.29) is 24.9 Å². The number of aromatic nitrogens is 1. The fraction of sp³-hybridized carbons (Fsp3) is 0.394. The van der Waals surface area contributed by atoms with E-state index in [9.17, 15) is 22.8 Å². The molecule has 0 radical (unpaired) electrons. The molecule has 1 aliphatic rings. The van der Waals surface area contributed by atoms with Crippen molar-refractivity contribution in [1.82, 2.24) is 10.3 Å². The van der Waals surface area contributed by atoms with Crippen molar-refractivity contribution in [3.05, 3.63) is 83.0 Å². The van der Waals surface area contributed by atoms with Gasteiger partial charge < -0.3 is 19.7 Å². The van der Waals surface area contributed by atoms with Crippen LogP contribution >= 0.6 is 0 Å². The minimum atomic E-state index is -4.68. The summed E-state index contributed by atoms with van der Waals surface area (Å²) < 4.78 is 52.4. The standard InChI is InChI=1S/C33H35F3N4O4/c1-32(2,3)44-30(41)21-43-20-24-10-12-25(13-11-24)26-17-28(33(34,35)36)39-29(18-26)40-16-4-5-27(40)31(42)38-15-14-22-6-8-23(19-37)9-7-22/h6-13,17-18,27H,4-5,14-16,20-21H2,1-3H3,(H,38,42)/t27-/m0/s1. The summed E-state index contributed by atoms with van der Waals surface area (Å²) in [4.78, 5) is 30.5. The number of esters is 1. The highest BCUT2D eigenvalue weighted by Gasteiger charge is 2.36. The van der Waals surface area contributed by atoms with E-state index in [1.807, 2.05) is 12.1 Å². The van der Waals surface area contributed by atoms with Crippen molar-refractivity contribution in [3.8, 4) is 17.2 Å². The number of ether oxygens (including phenoxy) is 2. The van der Waals surface area contributed by atoms with E-state index < -0.39 is 29.5 Å². The zero-order valence-electron chi connectivity index (χ0n) is 24.9. The van der Waals surface area contributed by atoms with Crippen molar-refractivity contribution in [2.45, 2.75) is 64.5 Å². The van der Waals surface area contributed by atoms with Crippen LogP contribution in [0.4, 0.5) is 19.0 Å². The number of nitrogens with zero attached hydrogens (tertiary/aromatic N) is 3. The molecule has 1 N–H and O–H groups in total. The molecule has 1 aromatic heterocycles. The smallest absolute Gasteiger partial charge is 0.433 e. The third-order valence-corrected chi connectivity index (χ3v) is 6.94. The Morgan fingerprint density at radius 1 is 1.02 bits per heavy atom. The second-order valence-electron chi connectivity index (χ2n) is 11.6. The molecule has 8 nitrogen and oxygen atoms in total. The van der Waals surface area contributed by atoms with Gasteiger partial charge in [-0.2, -0.15) is 18.4 Å². The monoisotopic (exact) mass is 608 g/mol. The predicted molar refractivity (Wildman–Crippen MR) is 158 cm³/mol. The highest BCUT2D eigenvalue weighted by molar-refractivity contribution is 5.86. The van der Waals surface area contributed by atoms with Gasteiger partial charge in [0.2, 0.25) is 5.91 Å². The molecule has 1 atom stereocenters. The highest BCUT2D eigenvalue weighted by atomic mass is 19.4. The molecule has 0 unspecified atom stereocenters. The Kier molecular flexibility index (Phi) is 10.3. The number of alkyl halides is 3. The van der Waals surface area contributed by atoms with Crippen LogP contribution in [0.1, 0.15) is 56.0 Å². The minimum Gasteiger partial charge on any atom is -0.458 e. The molecule has 0 saturated carbocycles. The third kappa shape index (κ3) is 9.04. The van der Waals surface area contributed by atoms with Crippen molar-refractivity contribution in [3.63, 3.8) is 0 Å². The number of halogens is 3. The highest BCUT2D eigenvalue weighted by Crippen LogP contribution is 2.35. The molecule has 1 saturated heterocycles. The Morgan fingerprint density at radius 3 is 2.34 bits per heavy atom. The molecule has 0 bridgehead atoms.